The molecule has 0 saturated carbocycles. The van der Waals surface area contributed by atoms with Gasteiger partial charge >= 0.3 is 0 Å². The molecule has 9 heteroatoms. The molecule has 0 saturated heterocycles. The fourth-order valence-electron chi connectivity index (χ4n) is 3.82. The second-order valence-corrected chi connectivity index (χ2v) is 6.96. The highest BCUT2D eigenvalue weighted by Gasteiger charge is 2.23. The number of anilines is 3. The van der Waals surface area contributed by atoms with Crippen LogP contribution in [0.1, 0.15) is 10.4 Å². The van der Waals surface area contributed by atoms with E-state index in [1.807, 2.05) is 30.5 Å². The molecule has 146 valence electrons. The lowest BCUT2D eigenvalue weighted by Crippen LogP contribution is -2.22. The minimum Gasteiger partial charge on any atom is -0.371 e. The number of aromatic amines is 1. The molecule has 1 aliphatic rings. The zero-order valence-corrected chi connectivity index (χ0v) is 16.1. The van der Waals surface area contributed by atoms with Gasteiger partial charge in [-0.3, -0.25) is 4.79 Å². The monoisotopic (exact) mass is 388 g/mol. The molecular weight excluding hydrogens is 368 g/mol. The Labute approximate surface area is 166 Å². The van der Waals surface area contributed by atoms with E-state index in [1.54, 1.807) is 19.6 Å². The number of para-hydroxylation sites is 1. The molecule has 0 fully saturated rings. The number of nitrogens with zero attached hydrogens (tertiary/aromatic N) is 5. The van der Waals surface area contributed by atoms with E-state index in [9.17, 15) is 4.79 Å². The molecule has 4 aromatic rings. The highest BCUT2D eigenvalue weighted by atomic mass is 16.1. The first-order valence-corrected chi connectivity index (χ1v) is 9.35. The van der Waals surface area contributed by atoms with Crippen LogP contribution in [0.15, 0.2) is 43.0 Å². The Hall–Kier alpha value is -3.88. The summed E-state index contributed by atoms with van der Waals surface area (Å²) >= 11 is 0. The van der Waals surface area contributed by atoms with Crippen molar-refractivity contribution in [2.24, 2.45) is 0 Å². The molecule has 29 heavy (non-hydrogen) atoms. The van der Waals surface area contributed by atoms with Crippen molar-refractivity contribution in [3.63, 3.8) is 0 Å². The van der Waals surface area contributed by atoms with Crippen molar-refractivity contribution in [2.45, 2.75) is 6.54 Å². The first-order chi connectivity index (χ1) is 14.2. The molecule has 1 aliphatic heterocycles. The number of benzene rings is 1. The van der Waals surface area contributed by atoms with E-state index in [2.05, 4.69) is 47.3 Å². The average Bonchev–Trinajstić information content (AvgIpc) is 3.38. The summed E-state index contributed by atoms with van der Waals surface area (Å²) in [5, 5.41) is 15.4. The van der Waals surface area contributed by atoms with Crippen molar-refractivity contribution in [1.82, 2.24) is 30.0 Å². The molecule has 0 aliphatic carbocycles. The predicted octanol–water partition coefficient (Wildman–Crippen LogP) is 2.37. The number of rotatable bonds is 3. The minimum absolute atomic E-state index is 0.196. The lowest BCUT2D eigenvalue weighted by molar-refractivity contribution is 0.0963. The number of carbonyl (C=O) groups is 1. The Morgan fingerprint density at radius 2 is 2.14 bits per heavy atom. The Kier molecular flexibility index (Phi) is 3.94. The maximum absolute atomic E-state index is 12.5. The maximum atomic E-state index is 12.5. The number of amides is 1. The number of likely N-dealkylation sites (N-methyl/N-ethyl adjacent to an activating group) is 1. The average molecular weight is 388 g/mol. The van der Waals surface area contributed by atoms with Crippen molar-refractivity contribution in [2.75, 3.05) is 30.9 Å². The summed E-state index contributed by atoms with van der Waals surface area (Å²) < 4.78 is 2.05. The minimum atomic E-state index is -0.196. The van der Waals surface area contributed by atoms with Gasteiger partial charge in [-0.25, -0.2) is 4.98 Å². The molecule has 0 unspecified atom stereocenters. The van der Waals surface area contributed by atoms with Crippen molar-refractivity contribution in [3.8, 4) is 11.4 Å². The summed E-state index contributed by atoms with van der Waals surface area (Å²) in [5.41, 5.74) is 4.81. The first-order valence-electron chi connectivity index (χ1n) is 9.35. The van der Waals surface area contributed by atoms with Gasteiger partial charge in [0.2, 0.25) is 0 Å². The Morgan fingerprint density at radius 3 is 3.00 bits per heavy atom. The molecular formula is C20H20N8O. The summed E-state index contributed by atoms with van der Waals surface area (Å²) in [6.07, 6.45) is 5.16. The lowest BCUT2D eigenvalue weighted by atomic mass is 10.1. The third kappa shape index (κ3) is 2.70. The van der Waals surface area contributed by atoms with Crippen LogP contribution in [0, 0.1) is 0 Å². The third-order valence-corrected chi connectivity index (χ3v) is 5.27. The molecule has 3 aromatic heterocycles. The Bertz CT molecular complexity index is 1220. The van der Waals surface area contributed by atoms with Crippen molar-refractivity contribution in [1.29, 1.82) is 0 Å². The fourth-order valence-corrected chi connectivity index (χ4v) is 3.82. The largest absolute Gasteiger partial charge is 0.371 e. The molecule has 0 bridgehead atoms. The number of aromatic nitrogens is 5. The molecule has 1 aromatic carbocycles. The van der Waals surface area contributed by atoms with Gasteiger partial charge in [0.1, 0.15) is 12.0 Å². The highest BCUT2D eigenvalue weighted by Crippen LogP contribution is 2.40. The van der Waals surface area contributed by atoms with Crippen LogP contribution in [0.5, 0.6) is 0 Å². The molecule has 5 rings (SSSR count). The van der Waals surface area contributed by atoms with Crippen LogP contribution in [0.3, 0.4) is 0 Å². The lowest BCUT2D eigenvalue weighted by Gasteiger charge is -2.23. The van der Waals surface area contributed by atoms with Crippen molar-refractivity contribution in [3.05, 3.63) is 48.5 Å². The third-order valence-electron chi connectivity index (χ3n) is 5.27. The number of pyridine rings is 1. The van der Waals surface area contributed by atoms with Gasteiger partial charge in [0.15, 0.2) is 5.82 Å². The van der Waals surface area contributed by atoms with Gasteiger partial charge in [-0.1, -0.05) is 6.07 Å². The molecule has 0 atom stereocenters. The summed E-state index contributed by atoms with van der Waals surface area (Å²) in [5.74, 6) is 0.638. The van der Waals surface area contributed by atoms with Crippen LogP contribution < -0.4 is 15.5 Å². The van der Waals surface area contributed by atoms with E-state index in [1.165, 1.54) is 0 Å². The molecule has 0 spiro atoms. The van der Waals surface area contributed by atoms with Gasteiger partial charge in [0.05, 0.1) is 22.6 Å². The van der Waals surface area contributed by atoms with Gasteiger partial charge in [-0.15, -0.1) is 10.2 Å². The van der Waals surface area contributed by atoms with E-state index in [0.29, 0.717) is 11.3 Å². The second kappa shape index (κ2) is 6.62. The quantitative estimate of drug-likeness (QED) is 0.498. The van der Waals surface area contributed by atoms with Gasteiger partial charge in [-0.05, 0) is 18.2 Å². The van der Waals surface area contributed by atoms with Crippen LogP contribution in [0.4, 0.5) is 17.1 Å². The number of carbonyl (C=O) groups excluding carboxylic acids is 1. The molecule has 0 radical (unpaired) electrons. The van der Waals surface area contributed by atoms with Crippen LogP contribution in [-0.4, -0.2) is 51.3 Å². The van der Waals surface area contributed by atoms with Crippen LogP contribution in [0.2, 0.25) is 0 Å². The van der Waals surface area contributed by atoms with E-state index < -0.39 is 0 Å². The number of hydrogen-bond acceptors (Lipinski definition) is 6. The smallest absolute Gasteiger partial charge is 0.254 e. The Morgan fingerprint density at radius 1 is 1.24 bits per heavy atom. The molecule has 4 heterocycles. The predicted molar refractivity (Wildman–Crippen MR) is 111 cm³/mol. The van der Waals surface area contributed by atoms with Gasteiger partial charge in [0.25, 0.3) is 5.91 Å². The summed E-state index contributed by atoms with van der Waals surface area (Å²) in [7, 11) is 3.67. The summed E-state index contributed by atoms with van der Waals surface area (Å²) in [4.78, 5) is 22.2. The molecule has 1 amide bonds. The van der Waals surface area contributed by atoms with Crippen LogP contribution >= 0.6 is 0 Å². The normalized spacial score (nSPS) is 13.0. The Balaban J connectivity index is 1.70. The number of hydrogen-bond donors (Lipinski definition) is 3. The van der Waals surface area contributed by atoms with E-state index in [4.69, 9.17) is 0 Å². The zero-order valence-electron chi connectivity index (χ0n) is 16.1. The van der Waals surface area contributed by atoms with Crippen LogP contribution in [0.25, 0.3) is 22.4 Å². The first kappa shape index (κ1) is 17.2. The van der Waals surface area contributed by atoms with Crippen molar-refractivity contribution >= 4 is 34.0 Å². The second-order valence-electron chi connectivity index (χ2n) is 6.96. The number of H-pyrrole nitrogens is 1. The fraction of sp³-hybridized carbons (Fsp3) is 0.200. The van der Waals surface area contributed by atoms with Gasteiger partial charge < -0.3 is 25.1 Å². The maximum Gasteiger partial charge on any atom is 0.254 e. The van der Waals surface area contributed by atoms with E-state index in [-0.39, 0.29) is 5.91 Å². The summed E-state index contributed by atoms with van der Waals surface area (Å²) in [6, 6.07) is 7.95. The topological polar surface area (TPSA) is 104 Å². The number of nitrogens with one attached hydrogen (secondary N) is 3. The van der Waals surface area contributed by atoms with E-state index >= 15 is 0 Å². The highest BCUT2D eigenvalue weighted by molar-refractivity contribution is 6.08. The number of fused-ring (bicyclic) bond motifs is 4. The molecule has 9 nitrogen and oxygen atoms in total. The SMILES string of the molecule is CNC(=O)c1cnc2[nH]ccc2c1Nc1cccc2c1N(C)CCn1cnnc1-2. The molecule has 3 N–H and O–H groups in total. The van der Waals surface area contributed by atoms with E-state index in [0.717, 1.165) is 46.9 Å². The van der Waals surface area contributed by atoms with Gasteiger partial charge in [0, 0.05) is 50.5 Å². The standard InChI is InChI=1S/C20H20N8O/c1-21-20(29)14-10-23-18-12(6-7-22-18)16(14)25-15-5-3-4-13-17(15)27(2)8-9-28-11-24-26-19(13)28/h3-7,10-11H,8-9H2,1-2H3,(H,21,29)(H2,22,23,25). The van der Waals surface area contributed by atoms with Crippen LogP contribution in [-0.2, 0) is 6.54 Å². The van der Waals surface area contributed by atoms with Crippen molar-refractivity contribution < 1.29 is 4.79 Å². The zero-order chi connectivity index (χ0) is 20.0. The summed E-state index contributed by atoms with van der Waals surface area (Å²) in [6.45, 7) is 1.61. The van der Waals surface area contributed by atoms with Gasteiger partial charge in [-0.2, -0.15) is 0 Å².